The number of H-pyrrole nitrogens is 1. The first-order chi connectivity index (χ1) is 26.8. The lowest BCUT2D eigenvalue weighted by Gasteiger charge is -2.05. The number of ether oxygens (including phenoxy) is 1. The predicted octanol–water partition coefficient (Wildman–Crippen LogP) is 3.94. The highest BCUT2D eigenvalue weighted by atomic mass is 16.5. The van der Waals surface area contributed by atoms with Crippen LogP contribution in [0.4, 0.5) is 0 Å². The van der Waals surface area contributed by atoms with Crippen LogP contribution in [0.5, 0.6) is 5.75 Å². The topological polar surface area (TPSA) is 37.9 Å². The molecule has 0 saturated heterocycles. The highest BCUT2D eigenvalue weighted by molar-refractivity contribution is 5.91. The van der Waals surface area contributed by atoms with E-state index in [9.17, 15) is 0 Å². The maximum atomic E-state index is 5.24. The smallest absolute Gasteiger partial charge is 0.119 e. The first-order valence-electron chi connectivity index (χ1n) is 14.7. The summed E-state index contributed by atoms with van der Waals surface area (Å²) < 4.78 is 5.24. The number of imidazole rings is 1. The van der Waals surface area contributed by atoms with Gasteiger partial charge in [0.25, 0.3) is 0 Å². The SMILES string of the molecule is C#CC#CC#CC#CC#CC#CC#CC#CC#CC#CC#CC#CC#CC#CC#CC#CC#CC#CC.COc1cccc(-c2cccc3[nH]cnc23)c1. The molecule has 0 unspecified atom stereocenters. The van der Waals surface area contributed by atoms with E-state index >= 15 is 0 Å². The Balaban J connectivity index is 0.000000482. The molecule has 1 heterocycles. The van der Waals surface area contributed by atoms with Gasteiger partial charge in [-0.1, -0.05) is 30.2 Å². The molecular formula is C51H16N2O. The summed E-state index contributed by atoms with van der Waals surface area (Å²) in [6.45, 7) is 1.69. The van der Waals surface area contributed by atoms with Gasteiger partial charge in [0, 0.05) is 112 Å². The van der Waals surface area contributed by atoms with Crippen LogP contribution in [0.3, 0.4) is 0 Å². The van der Waals surface area contributed by atoms with E-state index in [0.29, 0.717) is 0 Å². The molecule has 2 aromatic carbocycles. The van der Waals surface area contributed by atoms with Gasteiger partial charge < -0.3 is 9.72 Å². The van der Waals surface area contributed by atoms with E-state index in [-0.39, 0.29) is 0 Å². The van der Waals surface area contributed by atoms with Crippen LogP contribution < -0.4 is 4.74 Å². The Labute approximate surface area is 318 Å². The molecule has 0 aliphatic rings. The number of para-hydroxylation sites is 1. The fourth-order valence-electron chi connectivity index (χ4n) is 3.06. The van der Waals surface area contributed by atoms with Crippen molar-refractivity contribution in [2.75, 3.05) is 7.11 Å². The van der Waals surface area contributed by atoms with Gasteiger partial charge in [0.1, 0.15) is 5.75 Å². The second-order valence-corrected chi connectivity index (χ2v) is 8.36. The zero-order chi connectivity index (χ0) is 38.4. The quantitative estimate of drug-likeness (QED) is 0.420. The Morgan fingerprint density at radius 2 is 0.852 bits per heavy atom. The number of aromatic amines is 1. The number of methoxy groups -OCH3 is 1. The summed E-state index contributed by atoms with van der Waals surface area (Å²) in [4.78, 5) is 7.47. The molecule has 0 aliphatic carbocycles. The molecule has 0 bridgehead atoms. The number of aromatic nitrogens is 2. The summed E-state index contributed by atoms with van der Waals surface area (Å²) >= 11 is 0. The molecular weight excluding hydrogens is 657 g/mol. The Morgan fingerprint density at radius 3 is 1.22 bits per heavy atom. The summed E-state index contributed by atoms with van der Waals surface area (Å²) in [5.74, 6) is 87.7. The van der Waals surface area contributed by atoms with E-state index in [4.69, 9.17) is 11.2 Å². The molecule has 0 fully saturated rings. The minimum atomic E-state index is 0.857. The Morgan fingerprint density at radius 1 is 0.481 bits per heavy atom. The molecule has 0 aliphatic heterocycles. The van der Waals surface area contributed by atoms with Crippen molar-refractivity contribution in [1.29, 1.82) is 0 Å². The van der Waals surface area contributed by atoms with Gasteiger partial charge in [-0.3, -0.25) is 0 Å². The third-order valence-corrected chi connectivity index (χ3v) is 5.03. The lowest BCUT2D eigenvalue weighted by molar-refractivity contribution is 0.415. The minimum absolute atomic E-state index is 0.857. The van der Waals surface area contributed by atoms with Gasteiger partial charge in [-0.15, -0.1) is 6.42 Å². The van der Waals surface area contributed by atoms with Crippen molar-refractivity contribution in [3.8, 4) is 231 Å². The van der Waals surface area contributed by atoms with Gasteiger partial charge in [-0.05, 0) is 125 Å². The number of terminal acetylenes is 1. The molecule has 3 rings (SSSR count). The molecule has 1 aromatic heterocycles. The third kappa shape index (κ3) is 19.5. The van der Waals surface area contributed by atoms with Gasteiger partial charge in [-0.2, -0.15) is 0 Å². The van der Waals surface area contributed by atoms with Crippen molar-refractivity contribution in [3.05, 3.63) is 48.8 Å². The number of fused-ring (bicyclic) bond motifs is 1. The summed E-state index contributed by atoms with van der Waals surface area (Å²) in [6, 6.07) is 14.1. The van der Waals surface area contributed by atoms with E-state index in [1.165, 1.54) is 0 Å². The summed E-state index contributed by atoms with van der Waals surface area (Å²) in [7, 11) is 1.67. The number of rotatable bonds is 2. The highest BCUT2D eigenvalue weighted by Gasteiger charge is 2.06. The first kappa shape index (κ1) is 40.0. The van der Waals surface area contributed by atoms with Crippen LogP contribution in [0, 0.1) is 214 Å². The molecule has 1 N–H and O–H groups in total. The molecule has 3 aromatic rings. The molecule has 0 radical (unpaired) electrons. The van der Waals surface area contributed by atoms with Crippen LogP contribution in [-0.2, 0) is 0 Å². The summed E-state index contributed by atoms with van der Waals surface area (Å²) in [6.07, 6.45) is 6.64. The number of nitrogens with one attached hydrogen (secondary N) is 1. The van der Waals surface area contributed by atoms with Crippen LogP contribution in [0.15, 0.2) is 48.8 Å². The van der Waals surface area contributed by atoms with Crippen LogP contribution in [0.2, 0.25) is 0 Å². The standard InChI is InChI=1S/C37H4.C14H12N2O/c1-3-5-7-9-11-13-15-17-19-21-23-25-27-29-31-33-35-37-36-34-32-30-28-26-24-22-20-18-16-14-12-10-8-6-4-2;1-17-11-5-2-4-10(8-11)12-6-3-7-13-14(12)16-9-15-13/h1H,2H3;2-9H,1H3,(H,15,16). The van der Waals surface area contributed by atoms with E-state index in [1.54, 1.807) is 20.4 Å². The Hall–Kier alpha value is -10.2. The van der Waals surface area contributed by atoms with E-state index in [1.807, 2.05) is 30.3 Å². The largest absolute Gasteiger partial charge is 0.497 e. The van der Waals surface area contributed by atoms with Gasteiger partial charge in [0.2, 0.25) is 0 Å². The van der Waals surface area contributed by atoms with Crippen LogP contribution in [-0.4, -0.2) is 17.1 Å². The summed E-state index contributed by atoms with van der Waals surface area (Å²) in [5.41, 5.74) is 4.26. The zero-order valence-electron chi connectivity index (χ0n) is 28.6. The van der Waals surface area contributed by atoms with E-state index < -0.39 is 0 Å². The van der Waals surface area contributed by atoms with Crippen LogP contribution in [0.25, 0.3) is 22.2 Å². The van der Waals surface area contributed by atoms with Crippen LogP contribution in [0.1, 0.15) is 6.92 Å². The fraction of sp³-hybridized carbons (Fsp3) is 0.0392. The lowest BCUT2D eigenvalue weighted by Crippen LogP contribution is -1.84. The molecule has 54 heavy (non-hydrogen) atoms. The van der Waals surface area contributed by atoms with Gasteiger partial charge in [-0.25, -0.2) is 4.98 Å². The molecule has 0 saturated carbocycles. The molecule has 3 nitrogen and oxygen atoms in total. The van der Waals surface area contributed by atoms with Crippen molar-refractivity contribution in [3.63, 3.8) is 0 Å². The van der Waals surface area contributed by atoms with Crippen molar-refractivity contribution >= 4 is 11.0 Å². The molecule has 236 valence electrons. The van der Waals surface area contributed by atoms with E-state index in [2.05, 4.69) is 229 Å². The Kier molecular flexibility index (Phi) is 21.4. The summed E-state index contributed by atoms with van der Waals surface area (Å²) in [5, 5.41) is 0. The van der Waals surface area contributed by atoms with E-state index in [0.717, 1.165) is 27.9 Å². The number of benzene rings is 2. The van der Waals surface area contributed by atoms with Crippen molar-refractivity contribution in [2.45, 2.75) is 6.92 Å². The fourth-order valence-corrected chi connectivity index (χ4v) is 3.06. The van der Waals surface area contributed by atoms with Gasteiger partial charge in [0.15, 0.2) is 0 Å². The molecule has 0 spiro atoms. The second-order valence-electron chi connectivity index (χ2n) is 8.36. The average Bonchev–Trinajstić information content (AvgIpc) is 3.69. The monoisotopic (exact) mass is 672 g/mol. The first-order valence-corrected chi connectivity index (χ1v) is 14.7. The number of hydrogen-bond acceptors (Lipinski definition) is 2. The normalized spacial score (nSPS) is 6.02. The second kappa shape index (κ2) is 29.0. The van der Waals surface area contributed by atoms with Gasteiger partial charge >= 0.3 is 0 Å². The maximum absolute atomic E-state index is 5.24. The van der Waals surface area contributed by atoms with Crippen molar-refractivity contribution in [2.24, 2.45) is 0 Å². The van der Waals surface area contributed by atoms with Gasteiger partial charge in [0.05, 0.1) is 24.5 Å². The highest BCUT2D eigenvalue weighted by Crippen LogP contribution is 2.28. The number of hydrogen-bond donors (Lipinski definition) is 1. The number of nitrogens with zero attached hydrogens (tertiary/aromatic N) is 1. The van der Waals surface area contributed by atoms with Crippen molar-refractivity contribution < 1.29 is 4.74 Å². The average molecular weight is 673 g/mol. The molecule has 0 atom stereocenters. The predicted molar refractivity (Wildman–Crippen MR) is 215 cm³/mol. The third-order valence-electron chi connectivity index (χ3n) is 5.03. The molecule has 0 amide bonds. The van der Waals surface area contributed by atoms with Crippen molar-refractivity contribution in [1.82, 2.24) is 9.97 Å². The Bertz CT molecular complexity index is 3100. The zero-order valence-corrected chi connectivity index (χ0v) is 28.6. The minimum Gasteiger partial charge on any atom is -0.497 e. The molecule has 3 heteroatoms. The maximum Gasteiger partial charge on any atom is 0.119 e. The van der Waals surface area contributed by atoms with Crippen LogP contribution >= 0.6 is 0 Å². The lowest BCUT2D eigenvalue weighted by atomic mass is 10.0.